The summed E-state index contributed by atoms with van der Waals surface area (Å²) < 4.78 is 5.61. The number of benzene rings is 2. The molecule has 0 unspecified atom stereocenters. The molecule has 0 bridgehead atoms. The lowest BCUT2D eigenvalue weighted by atomic mass is 10.1. The van der Waals surface area contributed by atoms with Gasteiger partial charge in [-0.25, -0.2) is 4.79 Å². The molecule has 0 spiro atoms. The molecule has 1 aliphatic rings. The normalized spacial score (nSPS) is 13.9. The van der Waals surface area contributed by atoms with Crippen LogP contribution in [0.15, 0.2) is 48.5 Å². The third kappa shape index (κ3) is 5.49. The summed E-state index contributed by atoms with van der Waals surface area (Å²) in [6, 6.07) is 14.3. The van der Waals surface area contributed by atoms with Crippen LogP contribution in [0, 0.1) is 0 Å². The van der Waals surface area contributed by atoms with Crippen LogP contribution in [-0.2, 0) is 4.79 Å². The molecule has 0 atom stereocenters. The maximum absolute atomic E-state index is 12.2. The van der Waals surface area contributed by atoms with Crippen molar-refractivity contribution in [2.45, 2.75) is 39.0 Å². The van der Waals surface area contributed by atoms with Crippen molar-refractivity contribution in [3.63, 3.8) is 0 Å². The number of unbranched alkanes of at least 4 members (excludes halogenated alkanes) is 1. The number of ether oxygens (including phenoxy) is 1. The standard InChI is InChI=1S/C22H27N3O3/c1-2-3-16-28-20-13-9-18(10-14-20)24-22(27)23-17-7-11-19(12-8-17)25-15-5-4-6-21(25)26/h7-14H,2-6,15-16H2,1H3,(H2,23,24,27). The molecule has 3 amide bonds. The van der Waals surface area contributed by atoms with Gasteiger partial charge in [0, 0.05) is 30.0 Å². The summed E-state index contributed by atoms with van der Waals surface area (Å²) in [6.45, 7) is 3.57. The Morgan fingerprint density at radius 2 is 1.64 bits per heavy atom. The largest absolute Gasteiger partial charge is 0.494 e. The van der Waals surface area contributed by atoms with Gasteiger partial charge in [-0.05, 0) is 67.8 Å². The fraction of sp³-hybridized carbons (Fsp3) is 0.364. The molecule has 148 valence electrons. The highest BCUT2D eigenvalue weighted by Crippen LogP contribution is 2.23. The highest BCUT2D eigenvalue weighted by molar-refractivity contribution is 6.00. The zero-order valence-electron chi connectivity index (χ0n) is 16.2. The zero-order chi connectivity index (χ0) is 19.8. The number of rotatable bonds is 7. The van der Waals surface area contributed by atoms with E-state index in [0.717, 1.165) is 43.7 Å². The molecule has 2 N–H and O–H groups in total. The first-order valence-corrected chi connectivity index (χ1v) is 9.87. The SMILES string of the molecule is CCCCOc1ccc(NC(=O)Nc2ccc(N3CCCCC3=O)cc2)cc1. The van der Waals surface area contributed by atoms with Crippen molar-refractivity contribution in [3.05, 3.63) is 48.5 Å². The first kappa shape index (κ1) is 19.7. The van der Waals surface area contributed by atoms with E-state index in [2.05, 4.69) is 17.6 Å². The smallest absolute Gasteiger partial charge is 0.323 e. The molecular formula is C22H27N3O3. The number of nitrogens with zero attached hydrogens (tertiary/aromatic N) is 1. The van der Waals surface area contributed by atoms with Gasteiger partial charge in [0.2, 0.25) is 5.91 Å². The summed E-state index contributed by atoms with van der Waals surface area (Å²) in [6.07, 6.45) is 4.70. The third-order valence-corrected chi connectivity index (χ3v) is 4.64. The Kier molecular flexibility index (Phi) is 6.89. The number of amides is 3. The molecular weight excluding hydrogens is 354 g/mol. The van der Waals surface area contributed by atoms with E-state index in [1.54, 1.807) is 4.90 Å². The van der Waals surface area contributed by atoms with E-state index in [4.69, 9.17) is 4.74 Å². The minimum absolute atomic E-state index is 0.159. The summed E-state index contributed by atoms with van der Waals surface area (Å²) in [7, 11) is 0. The average molecular weight is 381 g/mol. The molecule has 2 aromatic carbocycles. The Labute approximate surface area is 165 Å². The summed E-state index contributed by atoms with van der Waals surface area (Å²) in [5.74, 6) is 0.953. The van der Waals surface area contributed by atoms with Gasteiger partial charge in [0.05, 0.1) is 6.61 Å². The first-order valence-electron chi connectivity index (χ1n) is 9.87. The maximum atomic E-state index is 12.2. The lowest BCUT2D eigenvalue weighted by Crippen LogP contribution is -2.35. The molecule has 0 aromatic heterocycles. The fourth-order valence-corrected chi connectivity index (χ4v) is 3.07. The van der Waals surface area contributed by atoms with Crippen molar-refractivity contribution in [3.8, 4) is 5.75 Å². The van der Waals surface area contributed by atoms with Crippen LogP contribution in [0.2, 0.25) is 0 Å². The van der Waals surface area contributed by atoms with E-state index in [1.165, 1.54) is 0 Å². The van der Waals surface area contributed by atoms with E-state index < -0.39 is 0 Å². The number of nitrogens with one attached hydrogen (secondary N) is 2. The molecule has 1 aliphatic heterocycles. The third-order valence-electron chi connectivity index (χ3n) is 4.64. The number of carbonyl (C=O) groups is 2. The van der Waals surface area contributed by atoms with Gasteiger partial charge < -0.3 is 20.3 Å². The van der Waals surface area contributed by atoms with Gasteiger partial charge in [0.25, 0.3) is 0 Å². The predicted molar refractivity (Wildman–Crippen MR) is 112 cm³/mol. The van der Waals surface area contributed by atoms with Gasteiger partial charge in [-0.1, -0.05) is 13.3 Å². The molecule has 0 aliphatic carbocycles. The average Bonchev–Trinajstić information content (AvgIpc) is 2.71. The second-order valence-corrected chi connectivity index (χ2v) is 6.85. The van der Waals surface area contributed by atoms with Crippen LogP contribution in [-0.4, -0.2) is 25.1 Å². The Morgan fingerprint density at radius 1 is 1.00 bits per heavy atom. The van der Waals surface area contributed by atoms with Crippen LogP contribution in [0.3, 0.4) is 0 Å². The van der Waals surface area contributed by atoms with Crippen molar-refractivity contribution < 1.29 is 14.3 Å². The Hall–Kier alpha value is -3.02. The molecule has 2 aromatic rings. The summed E-state index contributed by atoms with van der Waals surface area (Å²) in [5, 5.41) is 5.60. The number of hydrogen-bond acceptors (Lipinski definition) is 3. The summed E-state index contributed by atoms with van der Waals surface area (Å²) >= 11 is 0. The predicted octanol–water partition coefficient (Wildman–Crippen LogP) is 5.03. The Morgan fingerprint density at radius 3 is 2.25 bits per heavy atom. The number of urea groups is 1. The van der Waals surface area contributed by atoms with Gasteiger partial charge in [-0.3, -0.25) is 4.79 Å². The maximum Gasteiger partial charge on any atom is 0.323 e. The Bertz CT molecular complexity index is 788. The number of piperidine rings is 1. The lowest BCUT2D eigenvalue weighted by molar-refractivity contribution is -0.119. The zero-order valence-corrected chi connectivity index (χ0v) is 16.2. The Balaban J connectivity index is 1.51. The second kappa shape index (κ2) is 9.78. The second-order valence-electron chi connectivity index (χ2n) is 6.85. The molecule has 6 heteroatoms. The molecule has 1 fully saturated rings. The van der Waals surface area contributed by atoms with E-state index >= 15 is 0 Å². The van der Waals surface area contributed by atoms with E-state index in [9.17, 15) is 9.59 Å². The van der Waals surface area contributed by atoms with Crippen LogP contribution in [0.25, 0.3) is 0 Å². The van der Waals surface area contributed by atoms with Gasteiger partial charge in [-0.15, -0.1) is 0 Å². The van der Waals surface area contributed by atoms with E-state index in [0.29, 0.717) is 24.4 Å². The minimum atomic E-state index is -0.318. The molecule has 1 heterocycles. The lowest BCUT2D eigenvalue weighted by Gasteiger charge is -2.26. The summed E-state index contributed by atoms with van der Waals surface area (Å²) in [4.78, 5) is 26.0. The molecule has 0 radical (unpaired) electrons. The molecule has 3 rings (SSSR count). The van der Waals surface area contributed by atoms with E-state index in [1.807, 2.05) is 48.5 Å². The molecule has 28 heavy (non-hydrogen) atoms. The highest BCUT2D eigenvalue weighted by Gasteiger charge is 2.19. The highest BCUT2D eigenvalue weighted by atomic mass is 16.5. The van der Waals surface area contributed by atoms with Crippen LogP contribution in [0.5, 0.6) is 5.75 Å². The van der Waals surface area contributed by atoms with Crippen LogP contribution in [0.1, 0.15) is 39.0 Å². The van der Waals surface area contributed by atoms with Crippen molar-refractivity contribution in [2.24, 2.45) is 0 Å². The number of carbonyl (C=O) groups excluding carboxylic acids is 2. The van der Waals surface area contributed by atoms with Crippen molar-refractivity contribution in [1.29, 1.82) is 0 Å². The van der Waals surface area contributed by atoms with Crippen LogP contribution in [0.4, 0.5) is 21.9 Å². The van der Waals surface area contributed by atoms with Crippen LogP contribution >= 0.6 is 0 Å². The van der Waals surface area contributed by atoms with E-state index in [-0.39, 0.29) is 11.9 Å². The quantitative estimate of drug-likeness (QED) is 0.661. The number of hydrogen-bond donors (Lipinski definition) is 2. The topological polar surface area (TPSA) is 70.7 Å². The molecule has 0 saturated carbocycles. The first-order chi connectivity index (χ1) is 13.7. The van der Waals surface area contributed by atoms with Gasteiger partial charge in [0.1, 0.15) is 5.75 Å². The van der Waals surface area contributed by atoms with Crippen molar-refractivity contribution in [2.75, 3.05) is 28.7 Å². The fourth-order valence-electron chi connectivity index (χ4n) is 3.07. The van der Waals surface area contributed by atoms with Crippen molar-refractivity contribution in [1.82, 2.24) is 0 Å². The van der Waals surface area contributed by atoms with Gasteiger partial charge in [-0.2, -0.15) is 0 Å². The number of anilines is 3. The molecule has 1 saturated heterocycles. The van der Waals surface area contributed by atoms with Crippen molar-refractivity contribution >= 4 is 29.0 Å². The van der Waals surface area contributed by atoms with Crippen LogP contribution < -0.4 is 20.3 Å². The minimum Gasteiger partial charge on any atom is -0.494 e. The summed E-state index contributed by atoms with van der Waals surface area (Å²) in [5.41, 5.74) is 2.23. The monoisotopic (exact) mass is 381 g/mol. The van der Waals surface area contributed by atoms with Gasteiger partial charge in [0.15, 0.2) is 0 Å². The molecule has 6 nitrogen and oxygen atoms in total. The van der Waals surface area contributed by atoms with Gasteiger partial charge >= 0.3 is 6.03 Å².